The minimum absolute atomic E-state index is 0.617. The minimum atomic E-state index is 0.617. The third-order valence-corrected chi connectivity index (χ3v) is 4.37. The lowest BCUT2D eigenvalue weighted by molar-refractivity contribution is 0.198. The van der Waals surface area contributed by atoms with Crippen molar-refractivity contribution in [3.05, 3.63) is 0 Å². The lowest BCUT2D eigenvalue weighted by atomic mass is 9.72. The van der Waals surface area contributed by atoms with Gasteiger partial charge < -0.3 is 5.32 Å². The van der Waals surface area contributed by atoms with Crippen molar-refractivity contribution in [2.75, 3.05) is 18.8 Å². The largest absolute Gasteiger partial charge is 0.365 e. The molecule has 2 aliphatic rings. The standard InChI is InChI=1S/C10H18N2S/c1-10(4-2-5-10)8-13-9-11-6-3-7-12-9/h2-8H2,1H3,(H,11,12). The molecule has 1 saturated carbocycles. The summed E-state index contributed by atoms with van der Waals surface area (Å²) in [6.45, 7) is 4.53. The highest BCUT2D eigenvalue weighted by Gasteiger charge is 2.31. The molecule has 0 bridgehead atoms. The van der Waals surface area contributed by atoms with Crippen LogP contribution in [-0.4, -0.2) is 24.0 Å². The Hall–Kier alpha value is -0.180. The van der Waals surface area contributed by atoms with Crippen LogP contribution in [0.3, 0.4) is 0 Å². The second-order valence-electron chi connectivity index (χ2n) is 4.42. The fourth-order valence-electron chi connectivity index (χ4n) is 1.77. The normalized spacial score (nSPS) is 25.8. The lowest BCUT2D eigenvalue weighted by Gasteiger charge is -2.38. The third kappa shape index (κ3) is 2.39. The Morgan fingerprint density at radius 3 is 2.85 bits per heavy atom. The van der Waals surface area contributed by atoms with Gasteiger partial charge in [-0.15, -0.1) is 0 Å². The highest BCUT2D eigenvalue weighted by molar-refractivity contribution is 8.13. The van der Waals surface area contributed by atoms with Crippen LogP contribution in [0.25, 0.3) is 0 Å². The summed E-state index contributed by atoms with van der Waals surface area (Å²) < 4.78 is 0. The molecule has 1 fully saturated rings. The van der Waals surface area contributed by atoms with E-state index in [0.717, 1.165) is 13.1 Å². The Morgan fingerprint density at radius 1 is 1.46 bits per heavy atom. The van der Waals surface area contributed by atoms with Crippen LogP contribution in [0.4, 0.5) is 0 Å². The van der Waals surface area contributed by atoms with Crippen LogP contribution in [0.2, 0.25) is 0 Å². The zero-order chi connectivity index (χ0) is 9.15. The van der Waals surface area contributed by atoms with Gasteiger partial charge in [-0.3, -0.25) is 4.99 Å². The van der Waals surface area contributed by atoms with Gasteiger partial charge in [-0.1, -0.05) is 25.1 Å². The quantitative estimate of drug-likeness (QED) is 0.736. The van der Waals surface area contributed by atoms with Gasteiger partial charge in [0.15, 0.2) is 5.17 Å². The molecular formula is C10H18N2S. The Balaban J connectivity index is 1.75. The first-order valence-corrected chi connectivity index (χ1v) is 6.18. The second kappa shape index (κ2) is 3.91. The fraction of sp³-hybridized carbons (Fsp3) is 0.900. The molecule has 3 heteroatoms. The van der Waals surface area contributed by atoms with E-state index >= 15 is 0 Å². The number of nitrogens with zero attached hydrogens (tertiary/aromatic N) is 1. The number of thioether (sulfide) groups is 1. The van der Waals surface area contributed by atoms with E-state index in [1.165, 1.54) is 36.6 Å². The van der Waals surface area contributed by atoms with Gasteiger partial charge in [0, 0.05) is 18.8 Å². The summed E-state index contributed by atoms with van der Waals surface area (Å²) in [7, 11) is 0. The van der Waals surface area contributed by atoms with Crippen LogP contribution < -0.4 is 5.32 Å². The number of rotatable bonds is 2. The molecule has 0 radical (unpaired) electrons. The van der Waals surface area contributed by atoms with Crippen LogP contribution in [-0.2, 0) is 0 Å². The summed E-state index contributed by atoms with van der Waals surface area (Å²) in [4.78, 5) is 4.46. The monoisotopic (exact) mass is 198 g/mol. The van der Waals surface area contributed by atoms with Crippen LogP contribution in [0.5, 0.6) is 0 Å². The first-order chi connectivity index (χ1) is 6.29. The summed E-state index contributed by atoms with van der Waals surface area (Å²) in [6.07, 6.45) is 5.44. The maximum atomic E-state index is 4.46. The van der Waals surface area contributed by atoms with E-state index in [1.54, 1.807) is 0 Å². The predicted molar refractivity (Wildman–Crippen MR) is 59.3 cm³/mol. The number of hydrogen-bond donors (Lipinski definition) is 1. The van der Waals surface area contributed by atoms with Gasteiger partial charge in [-0.05, 0) is 24.7 Å². The van der Waals surface area contributed by atoms with E-state index in [9.17, 15) is 0 Å². The Labute approximate surface area is 84.6 Å². The van der Waals surface area contributed by atoms with Gasteiger partial charge in [0.05, 0.1) is 0 Å². The van der Waals surface area contributed by atoms with Crippen molar-refractivity contribution in [1.82, 2.24) is 5.32 Å². The van der Waals surface area contributed by atoms with Crippen LogP contribution in [0, 0.1) is 5.41 Å². The average Bonchev–Trinajstić information content (AvgIpc) is 2.13. The molecule has 0 spiro atoms. The highest BCUT2D eigenvalue weighted by Crippen LogP contribution is 2.42. The first kappa shape index (κ1) is 9.38. The molecule has 0 aromatic rings. The number of amidine groups is 1. The van der Waals surface area contributed by atoms with Gasteiger partial charge in [0.1, 0.15) is 0 Å². The smallest absolute Gasteiger partial charge is 0.156 e. The van der Waals surface area contributed by atoms with Crippen molar-refractivity contribution in [3.8, 4) is 0 Å². The van der Waals surface area contributed by atoms with Crippen molar-refractivity contribution >= 4 is 16.9 Å². The summed E-state index contributed by atoms with van der Waals surface area (Å²) >= 11 is 1.92. The molecule has 0 atom stereocenters. The molecule has 1 N–H and O–H groups in total. The van der Waals surface area contributed by atoms with Gasteiger partial charge in [0.2, 0.25) is 0 Å². The summed E-state index contributed by atoms with van der Waals surface area (Å²) in [5.74, 6) is 1.25. The number of hydrogen-bond acceptors (Lipinski definition) is 3. The fourth-order valence-corrected chi connectivity index (χ4v) is 2.94. The highest BCUT2D eigenvalue weighted by atomic mass is 32.2. The van der Waals surface area contributed by atoms with E-state index in [4.69, 9.17) is 0 Å². The van der Waals surface area contributed by atoms with E-state index in [2.05, 4.69) is 17.2 Å². The topological polar surface area (TPSA) is 24.4 Å². The summed E-state index contributed by atoms with van der Waals surface area (Å²) in [5.41, 5.74) is 0.617. The molecule has 2 nitrogen and oxygen atoms in total. The lowest BCUT2D eigenvalue weighted by Crippen LogP contribution is -2.32. The molecule has 1 aliphatic heterocycles. The van der Waals surface area contributed by atoms with Crippen molar-refractivity contribution in [3.63, 3.8) is 0 Å². The molecule has 1 heterocycles. The molecule has 74 valence electrons. The van der Waals surface area contributed by atoms with Crippen molar-refractivity contribution in [2.45, 2.75) is 32.6 Å². The van der Waals surface area contributed by atoms with Crippen molar-refractivity contribution in [2.24, 2.45) is 10.4 Å². The van der Waals surface area contributed by atoms with Crippen LogP contribution in [0.15, 0.2) is 4.99 Å². The molecule has 0 unspecified atom stereocenters. The molecule has 13 heavy (non-hydrogen) atoms. The SMILES string of the molecule is CC1(CSC2=NCCCN2)CCC1. The van der Waals surface area contributed by atoms with Crippen LogP contribution in [0.1, 0.15) is 32.6 Å². The molecule has 0 aromatic heterocycles. The summed E-state index contributed by atoms with van der Waals surface area (Å²) in [5, 5.41) is 4.53. The summed E-state index contributed by atoms with van der Waals surface area (Å²) in [6, 6.07) is 0. The van der Waals surface area contributed by atoms with E-state index in [1.807, 2.05) is 11.8 Å². The predicted octanol–water partition coefficient (Wildman–Crippen LogP) is 2.26. The Bertz CT molecular complexity index is 209. The van der Waals surface area contributed by atoms with Gasteiger partial charge in [-0.25, -0.2) is 0 Å². The Kier molecular flexibility index (Phi) is 2.82. The van der Waals surface area contributed by atoms with E-state index in [0.29, 0.717) is 5.41 Å². The van der Waals surface area contributed by atoms with Crippen LogP contribution >= 0.6 is 11.8 Å². The van der Waals surface area contributed by atoms with E-state index < -0.39 is 0 Å². The molecule has 1 aliphatic carbocycles. The third-order valence-electron chi connectivity index (χ3n) is 2.98. The zero-order valence-corrected chi connectivity index (χ0v) is 9.12. The molecule has 0 saturated heterocycles. The van der Waals surface area contributed by atoms with Gasteiger partial charge >= 0.3 is 0 Å². The first-order valence-electron chi connectivity index (χ1n) is 5.20. The molecule has 0 aromatic carbocycles. The van der Waals surface area contributed by atoms with Crippen molar-refractivity contribution in [1.29, 1.82) is 0 Å². The molecular weight excluding hydrogens is 180 g/mol. The van der Waals surface area contributed by atoms with Gasteiger partial charge in [-0.2, -0.15) is 0 Å². The molecule has 0 amide bonds. The van der Waals surface area contributed by atoms with Crippen molar-refractivity contribution < 1.29 is 0 Å². The second-order valence-corrected chi connectivity index (χ2v) is 5.38. The Morgan fingerprint density at radius 2 is 2.31 bits per heavy atom. The molecule has 2 rings (SSSR count). The zero-order valence-electron chi connectivity index (χ0n) is 8.31. The number of aliphatic imine (C=N–C) groups is 1. The number of nitrogens with one attached hydrogen (secondary N) is 1. The van der Waals surface area contributed by atoms with E-state index in [-0.39, 0.29) is 0 Å². The maximum Gasteiger partial charge on any atom is 0.156 e. The minimum Gasteiger partial charge on any atom is -0.365 e. The maximum absolute atomic E-state index is 4.46. The van der Waals surface area contributed by atoms with Gasteiger partial charge in [0.25, 0.3) is 0 Å². The average molecular weight is 198 g/mol.